The SMILES string of the molecule is CCN(CC)C(CCCN)Cc1ccnc2cc(Cl)ccc12. The number of benzene rings is 1. The Balaban J connectivity index is 2.28. The molecule has 0 aliphatic carbocycles. The molecule has 1 aromatic heterocycles. The highest BCUT2D eigenvalue weighted by Crippen LogP contribution is 2.23. The second kappa shape index (κ2) is 8.47. The van der Waals surface area contributed by atoms with E-state index in [1.54, 1.807) is 0 Å². The minimum Gasteiger partial charge on any atom is -0.330 e. The first kappa shape index (κ1) is 17.2. The molecule has 0 aliphatic heterocycles. The summed E-state index contributed by atoms with van der Waals surface area (Å²) in [6.45, 7) is 7.35. The van der Waals surface area contributed by atoms with Crippen LogP contribution in [0, 0.1) is 0 Å². The fraction of sp³-hybridized carbons (Fsp3) is 0.500. The minimum absolute atomic E-state index is 0.528. The van der Waals surface area contributed by atoms with Crippen LogP contribution in [0.5, 0.6) is 0 Å². The van der Waals surface area contributed by atoms with Crippen LogP contribution in [-0.4, -0.2) is 35.6 Å². The molecule has 2 aromatic rings. The Morgan fingerprint density at radius 1 is 1.23 bits per heavy atom. The first-order valence-electron chi connectivity index (χ1n) is 8.16. The second-order valence-corrected chi connectivity index (χ2v) is 6.08. The van der Waals surface area contributed by atoms with Crippen molar-refractivity contribution in [2.75, 3.05) is 19.6 Å². The van der Waals surface area contributed by atoms with Gasteiger partial charge >= 0.3 is 0 Å². The zero-order valence-corrected chi connectivity index (χ0v) is 14.3. The van der Waals surface area contributed by atoms with Gasteiger partial charge in [0.2, 0.25) is 0 Å². The number of aromatic nitrogens is 1. The molecule has 3 nitrogen and oxygen atoms in total. The van der Waals surface area contributed by atoms with Crippen LogP contribution in [0.3, 0.4) is 0 Å². The van der Waals surface area contributed by atoms with Crippen molar-refractivity contribution < 1.29 is 0 Å². The Kier molecular flexibility index (Phi) is 6.62. The highest BCUT2D eigenvalue weighted by Gasteiger charge is 2.17. The van der Waals surface area contributed by atoms with Crippen molar-refractivity contribution in [1.82, 2.24) is 9.88 Å². The zero-order valence-electron chi connectivity index (χ0n) is 13.6. The monoisotopic (exact) mass is 319 g/mol. The van der Waals surface area contributed by atoms with Crippen LogP contribution in [0.1, 0.15) is 32.3 Å². The molecule has 0 saturated carbocycles. The van der Waals surface area contributed by atoms with E-state index in [0.29, 0.717) is 6.04 Å². The van der Waals surface area contributed by atoms with Crippen LogP contribution in [0.4, 0.5) is 0 Å². The first-order chi connectivity index (χ1) is 10.7. The highest BCUT2D eigenvalue weighted by atomic mass is 35.5. The third-order valence-corrected chi connectivity index (χ3v) is 4.56. The quantitative estimate of drug-likeness (QED) is 0.803. The van der Waals surface area contributed by atoms with Gasteiger partial charge in [-0.3, -0.25) is 4.98 Å². The summed E-state index contributed by atoms with van der Waals surface area (Å²) in [4.78, 5) is 6.96. The van der Waals surface area contributed by atoms with Crippen molar-refractivity contribution in [1.29, 1.82) is 0 Å². The Labute approximate surface area is 138 Å². The van der Waals surface area contributed by atoms with Gasteiger partial charge in [-0.25, -0.2) is 0 Å². The number of pyridine rings is 1. The molecule has 0 amide bonds. The van der Waals surface area contributed by atoms with Gasteiger partial charge in [0, 0.05) is 22.6 Å². The Hall–Kier alpha value is -1.16. The second-order valence-electron chi connectivity index (χ2n) is 5.64. The van der Waals surface area contributed by atoms with E-state index in [1.165, 1.54) is 10.9 Å². The fourth-order valence-corrected chi connectivity index (χ4v) is 3.29. The standard InChI is InChI=1S/C18H26ClN3/c1-3-22(4-2)16(6-5-10-20)12-14-9-11-21-18-13-15(19)7-8-17(14)18/h7-9,11,13,16H,3-6,10,12,20H2,1-2H3. The van der Waals surface area contributed by atoms with Crippen molar-refractivity contribution in [3.63, 3.8) is 0 Å². The molecule has 1 unspecified atom stereocenters. The van der Waals surface area contributed by atoms with Gasteiger partial charge in [-0.05, 0) is 62.7 Å². The van der Waals surface area contributed by atoms with E-state index in [9.17, 15) is 0 Å². The lowest BCUT2D eigenvalue weighted by Crippen LogP contribution is -2.37. The third-order valence-electron chi connectivity index (χ3n) is 4.32. The average Bonchev–Trinajstić information content (AvgIpc) is 2.53. The number of nitrogens with zero attached hydrogens (tertiary/aromatic N) is 2. The average molecular weight is 320 g/mol. The third kappa shape index (κ3) is 4.19. The molecule has 2 rings (SSSR count). The van der Waals surface area contributed by atoms with Gasteiger partial charge in [-0.2, -0.15) is 0 Å². The number of rotatable bonds is 8. The summed E-state index contributed by atoms with van der Waals surface area (Å²) in [7, 11) is 0. The lowest BCUT2D eigenvalue weighted by molar-refractivity contribution is 0.203. The maximum Gasteiger partial charge on any atom is 0.0719 e. The van der Waals surface area contributed by atoms with Crippen molar-refractivity contribution >= 4 is 22.5 Å². The molecule has 4 heteroatoms. The van der Waals surface area contributed by atoms with Gasteiger partial charge in [0.15, 0.2) is 0 Å². The van der Waals surface area contributed by atoms with Gasteiger partial charge < -0.3 is 10.6 Å². The predicted molar refractivity (Wildman–Crippen MR) is 95.5 cm³/mol. The number of fused-ring (bicyclic) bond motifs is 1. The Bertz CT molecular complexity index is 596. The molecular formula is C18H26ClN3. The molecule has 0 spiro atoms. The van der Waals surface area contributed by atoms with Crippen LogP contribution >= 0.6 is 11.6 Å². The van der Waals surface area contributed by atoms with E-state index < -0.39 is 0 Å². The summed E-state index contributed by atoms with van der Waals surface area (Å²) in [5, 5.41) is 1.94. The molecule has 2 N–H and O–H groups in total. The van der Waals surface area contributed by atoms with Gasteiger partial charge in [0.05, 0.1) is 5.52 Å². The van der Waals surface area contributed by atoms with Crippen LogP contribution in [0.2, 0.25) is 5.02 Å². The molecule has 1 atom stereocenters. The van der Waals surface area contributed by atoms with E-state index in [-0.39, 0.29) is 0 Å². The van der Waals surface area contributed by atoms with Gasteiger partial charge in [-0.15, -0.1) is 0 Å². The minimum atomic E-state index is 0.528. The van der Waals surface area contributed by atoms with Gasteiger partial charge in [0.1, 0.15) is 0 Å². The van der Waals surface area contributed by atoms with E-state index in [4.69, 9.17) is 17.3 Å². The van der Waals surface area contributed by atoms with Crippen LogP contribution in [0.15, 0.2) is 30.5 Å². The van der Waals surface area contributed by atoms with Crippen molar-refractivity contribution in [3.8, 4) is 0 Å². The predicted octanol–water partition coefficient (Wildman–Crippen LogP) is 3.88. The van der Waals surface area contributed by atoms with Crippen LogP contribution < -0.4 is 5.73 Å². The van der Waals surface area contributed by atoms with E-state index in [1.807, 2.05) is 18.3 Å². The normalized spacial score (nSPS) is 13.0. The largest absolute Gasteiger partial charge is 0.330 e. The molecule has 1 heterocycles. The van der Waals surface area contributed by atoms with Crippen molar-refractivity contribution in [3.05, 3.63) is 41.0 Å². The summed E-state index contributed by atoms with van der Waals surface area (Å²) >= 11 is 6.08. The molecule has 0 radical (unpaired) electrons. The summed E-state index contributed by atoms with van der Waals surface area (Å²) in [6, 6.07) is 8.63. The lowest BCUT2D eigenvalue weighted by Gasteiger charge is -2.30. The van der Waals surface area contributed by atoms with E-state index in [2.05, 4.69) is 35.9 Å². The van der Waals surface area contributed by atoms with Crippen LogP contribution in [-0.2, 0) is 6.42 Å². The fourth-order valence-electron chi connectivity index (χ4n) is 3.12. The molecule has 0 aliphatic rings. The molecule has 22 heavy (non-hydrogen) atoms. The van der Waals surface area contributed by atoms with Crippen LogP contribution in [0.25, 0.3) is 10.9 Å². The Morgan fingerprint density at radius 2 is 2.00 bits per heavy atom. The molecule has 1 aromatic carbocycles. The molecule has 0 fully saturated rings. The number of halogens is 1. The summed E-state index contributed by atoms with van der Waals surface area (Å²) in [6.07, 6.45) is 5.12. The smallest absolute Gasteiger partial charge is 0.0719 e. The topological polar surface area (TPSA) is 42.1 Å². The molecule has 0 saturated heterocycles. The van der Waals surface area contributed by atoms with Crippen molar-refractivity contribution in [2.24, 2.45) is 5.73 Å². The van der Waals surface area contributed by atoms with E-state index >= 15 is 0 Å². The molecule has 0 bridgehead atoms. The maximum absolute atomic E-state index is 6.08. The Morgan fingerprint density at radius 3 is 2.68 bits per heavy atom. The van der Waals surface area contributed by atoms with Gasteiger partial charge in [-0.1, -0.05) is 31.5 Å². The number of hydrogen-bond acceptors (Lipinski definition) is 3. The van der Waals surface area contributed by atoms with Crippen molar-refractivity contribution in [2.45, 2.75) is 39.2 Å². The highest BCUT2D eigenvalue weighted by molar-refractivity contribution is 6.31. The molecular weight excluding hydrogens is 294 g/mol. The van der Waals surface area contributed by atoms with E-state index in [0.717, 1.165) is 49.4 Å². The number of nitrogens with two attached hydrogens (primary N) is 1. The summed E-state index contributed by atoms with van der Waals surface area (Å²) in [5.74, 6) is 0. The first-order valence-corrected chi connectivity index (χ1v) is 8.54. The number of likely N-dealkylation sites (N-methyl/N-ethyl adjacent to an activating group) is 1. The summed E-state index contributed by atoms with van der Waals surface area (Å²) in [5.41, 5.74) is 8.03. The maximum atomic E-state index is 6.08. The summed E-state index contributed by atoms with van der Waals surface area (Å²) < 4.78 is 0. The van der Waals surface area contributed by atoms with Gasteiger partial charge in [0.25, 0.3) is 0 Å². The zero-order chi connectivity index (χ0) is 15.9. The molecule has 120 valence electrons. The lowest BCUT2D eigenvalue weighted by atomic mass is 9.97. The number of hydrogen-bond donors (Lipinski definition) is 1.